The lowest BCUT2D eigenvalue weighted by Gasteiger charge is -2.00. The third-order valence-corrected chi connectivity index (χ3v) is 3.05. The zero-order valence-corrected chi connectivity index (χ0v) is 13.0. The average Bonchev–Trinajstić information content (AvgIpc) is 3.01. The smallest absolute Gasteiger partial charge is 0.389 e. The number of pyridine rings is 1. The number of aromatic nitrogens is 3. The highest BCUT2D eigenvalue weighted by Gasteiger charge is 2.49. The predicted octanol–water partition coefficient (Wildman–Crippen LogP) is 0.716. The fourth-order valence-electron chi connectivity index (χ4n) is 2.03. The van der Waals surface area contributed by atoms with Gasteiger partial charge in [0.05, 0.1) is 14.8 Å². The SMILES string of the molecule is O=[N+]([O-])c1cc([N+](=O)[O-])c([N+](=O)[O-])nc1-n1c([N+](=O)[O-])nc([N+](=O)[O-])c1[N+](=O)[O-]. The van der Waals surface area contributed by atoms with Crippen molar-refractivity contribution in [1.82, 2.24) is 14.5 Å². The third-order valence-electron chi connectivity index (χ3n) is 3.05. The van der Waals surface area contributed by atoms with Crippen LogP contribution in [0.5, 0.6) is 0 Å². The summed E-state index contributed by atoms with van der Waals surface area (Å²) in [6.45, 7) is 0. The van der Waals surface area contributed by atoms with Crippen LogP contribution < -0.4 is 0 Å². The molecule has 0 radical (unpaired) electrons. The zero-order valence-electron chi connectivity index (χ0n) is 13.0. The summed E-state index contributed by atoms with van der Waals surface area (Å²) >= 11 is 0. The highest BCUT2D eigenvalue weighted by Crippen LogP contribution is 2.40. The number of nitrogens with zero attached hydrogens (tertiary/aromatic N) is 9. The molecule has 0 saturated carbocycles. The topological polar surface area (TPSA) is 290 Å². The third kappa shape index (κ3) is 3.27. The Balaban J connectivity index is 3.13. The van der Waals surface area contributed by atoms with Gasteiger partial charge in [-0.15, -0.1) is 0 Å². The van der Waals surface area contributed by atoms with E-state index in [1.807, 2.05) is 0 Å². The molecule has 0 aliphatic rings. The first-order chi connectivity index (χ1) is 13.4. The maximum atomic E-state index is 11.2. The van der Waals surface area contributed by atoms with Crippen LogP contribution in [-0.4, -0.2) is 44.1 Å². The first-order valence-corrected chi connectivity index (χ1v) is 6.43. The van der Waals surface area contributed by atoms with Crippen molar-refractivity contribution < 1.29 is 29.5 Å². The van der Waals surface area contributed by atoms with Crippen molar-refractivity contribution in [3.8, 4) is 5.82 Å². The summed E-state index contributed by atoms with van der Waals surface area (Å²) in [4.78, 5) is 63.2. The Bertz CT molecular complexity index is 1130. The van der Waals surface area contributed by atoms with Gasteiger partial charge in [-0.2, -0.15) is 0 Å². The van der Waals surface area contributed by atoms with Crippen LogP contribution >= 0.6 is 0 Å². The van der Waals surface area contributed by atoms with Crippen LogP contribution in [0.15, 0.2) is 6.07 Å². The highest BCUT2D eigenvalue weighted by molar-refractivity contribution is 5.65. The Morgan fingerprint density at radius 2 is 1.14 bits per heavy atom. The molecule has 2 rings (SSSR count). The van der Waals surface area contributed by atoms with Gasteiger partial charge in [0.2, 0.25) is 0 Å². The molecule has 0 saturated heterocycles. The van der Waals surface area contributed by atoms with Crippen LogP contribution in [0.4, 0.5) is 34.8 Å². The normalized spacial score (nSPS) is 10.3. The lowest BCUT2D eigenvalue weighted by Crippen LogP contribution is -2.12. The molecule has 0 fully saturated rings. The molecule has 0 amide bonds. The van der Waals surface area contributed by atoms with E-state index >= 15 is 0 Å². The van der Waals surface area contributed by atoms with E-state index in [0.29, 0.717) is 0 Å². The van der Waals surface area contributed by atoms with E-state index in [1.54, 1.807) is 0 Å². The molecule has 21 nitrogen and oxygen atoms in total. The molecular weight excluding hydrogens is 414 g/mol. The molecule has 0 aliphatic carbocycles. The molecule has 0 aliphatic heterocycles. The quantitative estimate of drug-likeness (QED) is 0.444. The van der Waals surface area contributed by atoms with Crippen molar-refractivity contribution in [2.75, 3.05) is 0 Å². The first-order valence-electron chi connectivity index (χ1n) is 6.43. The highest BCUT2D eigenvalue weighted by atomic mass is 16.7. The van der Waals surface area contributed by atoms with Crippen LogP contribution in [0, 0.1) is 60.7 Å². The average molecular weight is 415 g/mol. The minimum absolute atomic E-state index is 0.0280. The molecule has 150 valence electrons. The van der Waals surface area contributed by atoms with Crippen LogP contribution in [0.3, 0.4) is 0 Å². The Kier molecular flexibility index (Phi) is 4.72. The van der Waals surface area contributed by atoms with Crippen LogP contribution in [-0.2, 0) is 0 Å². The van der Waals surface area contributed by atoms with E-state index in [0.717, 1.165) is 0 Å². The van der Waals surface area contributed by atoms with E-state index in [-0.39, 0.29) is 6.07 Å². The molecule has 21 heteroatoms. The van der Waals surface area contributed by atoms with Crippen molar-refractivity contribution in [3.63, 3.8) is 0 Å². The minimum Gasteiger partial charge on any atom is -0.389 e. The maximum Gasteiger partial charge on any atom is 0.515 e. The second kappa shape index (κ2) is 6.82. The van der Waals surface area contributed by atoms with Crippen molar-refractivity contribution in [1.29, 1.82) is 0 Å². The number of rotatable bonds is 7. The van der Waals surface area contributed by atoms with E-state index in [1.165, 1.54) is 0 Å². The molecule has 29 heavy (non-hydrogen) atoms. The van der Waals surface area contributed by atoms with Gasteiger partial charge < -0.3 is 40.5 Å². The lowest BCUT2D eigenvalue weighted by atomic mass is 10.3. The van der Waals surface area contributed by atoms with Gasteiger partial charge in [0.25, 0.3) is 0 Å². The monoisotopic (exact) mass is 415 g/mol. The van der Waals surface area contributed by atoms with Crippen molar-refractivity contribution in [3.05, 3.63) is 66.8 Å². The predicted molar refractivity (Wildman–Crippen MR) is 81.3 cm³/mol. The maximum absolute atomic E-state index is 11.2. The summed E-state index contributed by atoms with van der Waals surface area (Å²) < 4.78 is -0.396. The fraction of sp³-hybridized carbons (Fsp3) is 0. The molecule has 0 unspecified atom stereocenters. The van der Waals surface area contributed by atoms with Gasteiger partial charge in [-0.25, -0.2) is 0 Å². The lowest BCUT2D eigenvalue weighted by molar-refractivity contribution is -0.429. The summed E-state index contributed by atoms with van der Waals surface area (Å²) in [5.74, 6) is -8.44. The van der Waals surface area contributed by atoms with Crippen LogP contribution in [0.25, 0.3) is 5.82 Å². The summed E-state index contributed by atoms with van der Waals surface area (Å²) in [7, 11) is 0. The van der Waals surface area contributed by atoms with E-state index in [9.17, 15) is 60.7 Å². The van der Waals surface area contributed by atoms with Gasteiger partial charge in [0.1, 0.15) is 6.07 Å². The largest absolute Gasteiger partial charge is 0.515 e. The van der Waals surface area contributed by atoms with Gasteiger partial charge in [0.15, 0.2) is 0 Å². The molecule has 2 aromatic heterocycles. The first kappa shape index (κ1) is 20.1. The standard InChI is InChI=1S/C8HN9O12/c18-12(19)2-1-3(13(20)21)5(14(22)23)9-4(2)11-7(16(26)27)6(15(24)25)10-8(11)17(28)29/h1H. The molecule has 2 aromatic rings. The van der Waals surface area contributed by atoms with Crippen molar-refractivity contribution in [2.45, 2.75) is 0 Å². The Morgan fingerprint density at radius 1 is 0.621 bits per heavy atom. The Labute approximate surface area is 152 Å². The van der Waals surface area contributed by atoms with Gasteiger partial charge in [-0.05, 0) is 19.7 Å². The van der Waals surface area contributed by atoms with Crippen LogP contribution in [0.1, 0.15) is 0 Å². The summed E-state index contributed by atoms with van der Waals surface area (Å²) in [6.07, 6.45) is 0. The second-order valence-electron chi connectivity index (χ2n) is 4.61. The molecule has 2 heterocycles. The van der Waals surface area contributed by atoms with Gasteiger partial charge in [-0.3, -0.25) is 20.2 Å². The van der Waals surface area contributed by atoms with Crippen molar-refractivity contribution >= 4 is 34.8 Å². The zero-order chi connectivity index (χ0) is 22.2. The van der Waals surface area contributed by atoms with Gasteiger partial charge in [-0.1, -0.05) is 4.57 Å². The molecular formula is C8HN9O12. The summed E-state index contributed by atoms with van der Waals surface area (Å²) in [5.41, 5.74) is -3.04. The number of imidazole rings is 1. The van der Waals surface area contributed by atoms with Crippen molar-refractivity contribution in [2.24, 2.45) is 0 Å². The summed E-state index contributed by atoms with van der Waals surface area (Å²) in [6, 6.07) is -0.0280. The fourth-order valence-corrected chi connectivity index (χ4v) is 2.03. The van der Waals surface area contributed by atoms with E-state index in [4.69, 9.17) is 0 Å². The Hall–Kier alpha value is -5.24. The number of hydrogen-bond donors (Lipinski definition) is 0. The molecule has 0 spiro atoms. The van der Waals surface area contributed by atoms with Gasteiger partial charge >= 0.3 is 40.6 Å². The molecule has 0 bridgehead atoms. The van der Waals surface area contributed by atoms with E-state index in [2.05, 4.69) is 9.97 Å². The molecule has 0 N–H and O–H groups in total. The molecule has 0 atom stereocenters. The summed E-state index contributed by atoms with van der Waals surface area (Å²) in [5, 5.41) is 66.4. The van der Waals surface area contributed by atoms with Gasteiger partial charge in [0, 0.05) is 4.98 Å². The van der Waals surface area contributed by atoms with E-state index < -0.39 is 74.7 Å². The minimum atomic E-state index is -1.79. The number of nitro groups is 6. The Morgan fingerprint density at radius 3 is 1.52 bits per heavy atom. The van der Waals surface area contributed by atoms with Crippen LogP contribution in [0.2, 0.25) is 0 Å². The number of hydrogen-bond acceptors (Lipinski definition) is 14. The molecule has 0 aromatic carbocycles. The second-order valence-corrected chi connectivity index (χ2v) is 4.61.